The highest BCUT2D eigenvalue weighted by molar-refractivity contribution is 9.10. The summed E-state index contributed by atoms with van der Waals surface area (Å²) in [4.78, 5) is 4.32. The van der Waals surface area contributed by atoms with Crippen molar-refractivity contribution in [2.75, 3.05) is 0 Å². The van der Waals surface area contributed by atoms with E-state index in [1.54, 1.807) is 11.8 Å². The van der Waals surface area contributed by atoms with Gasteiger partial charge in [-0.05, 0) is 39.2 Å². The lowest BCUT2D eigenvalue weighted by molar-refractivity contribution is 1.07. The third-order valence-electron chi connectivity index (χ3n) is 2.35. The molecule has 0 spiro atoms. The van der Waals surface area contributed by atoms with E-state index in [2.05, 4.69) is 45.2 Å². The SMILES string of the molecule is NCc1ccc(CSc2ccc(Br)cn2)cc1. The Labute approximate surface area is 114 Å². The number of pyridine rings is 1. The molecule has 0 aliphatic carbocycles. The third-order valence-corrected chi connectivity index (χ3v) is 3.83. The van der Waals surface area contributed by atoms with Crippen molar-refractivity contribution in [2.24, 2.45) is 5.73 Å². The fraction of sp³-hybridized carbons (Fsp3) is 0.154. The lowest BCUT2D eigenvalue weighted by Gasteiger charge is -2.03. The van der Waals surface area contributed by atoms with Gasteiger partial charge in [-0.3, -0.25) is 0 Å². The maximum atomic E-state index is 5.56. The maximum Gasteiger partial charge on any atom is 0.0963 e. The second-order valence-corrected chi connectivity index (χ2v) is 5.54. The molecule has 88 valence electrons. The van der Waals surface area contributed by atoms with Gasteiger partial charge in [0.05, 0.1) is 5.03 Å². The second-order valence-electron chi connectivity index (χ2n) is 3.62. The molecule has 0 atom stereocenters. The summed E-state index contributed by atoms with van der Waals surface area (Å²) in [7, 11) is 0. The minimum absolute atomic E-state index is 0.599. The van der Waals surface area contributed by atoms with Crippen LogP contribution in [-0.4, -0.2) is 4.98 Å². The number of benzene rings is 1. The normalized spacial score (nSPS) is 10.5. The Morgan fingerprint density at radius 1 is 1.06 bits per heavy atom. The van der Waals surface area contributed by atoms with E-state index in [9.17, 15) is 0 Å². The molecule has 0 aliphatic heterocycles. The van der Waals surface area contributed by atoms with E-state index in [4.69, 9.17) is 5.73 Å². The summed E-state index contributed by atoms with van der Waals surface area (Å²) in [6, 6.07) is 12.4. The quantitative estimate of drug-likeness (QED) is 0.877. The Bertz CT molecular complexity index is 468. The molecule has 0 amide bonds. The van der Waals surface area contributed by atoms with E-state index in [1.165, 1.54) is 11.1 Å². The van der Waals surface area contributed by atoms with Crippen LogP contribution >= 0.6 is 27.7 Å². The number of nitrogens with two attached hydrogens (primary N) is 1. The number of rotatable bonds is 4. The van der Waals surface area contributed by atoms with E-state index in [-0.39, 0.29) is 0 Å². The summed E-state index contributed by atoms with van der Waals surface area (Å²) in [5, 5.41) is 1.04. The zero-order chi connectivity index (χ0) is 12.1. The van der Waals surface area contributed by atoms with Gasteiger partial charge in [0.1, 0.15) is 0 Å². The van der Waals surface area contributed by atoms with Crippen molar-refractivity contribution >= 4 is 27.7 Å². The molecule has 2 nitrogen and oxygen atoms in total. The second kappa shape index (κ2) is 6.19. The van der Waals surface area contributed by atoms with Crippen LogP contribution in [0.2, 0.25) is 0 Å². The van der Waals surface area contributed by atoms with Gasteiger partial charge in [-0.2, -0.15) is 0 Å². The first-order valence-electron chi connectivity index (χ1n) is 5.30. The van der Waals surface area contributed by atoms with Crippen LogP contribution in [0.5, 0.6) is 0 Å². The van der Waals surface area contributed by atoms with E-state index in [1.807, 2.05) is 18.3 Å². The molecule has 0 aliphatic rings. The zero-order valence-corrected chi connectivity index (χ0v) is 11.7. The number of halogens is 1. The molecule has 1 aromatic heterocycles. The number of hydrogen-bond acceptors (Lipinski definition) is 3. The number of hydrogen-bond donors (Lipinski definition) is 1. The average molecular weight is 309 g/mol. The standard InChI is InChI=1S/C13H13BrN2S/c14-12-5-6-13(16-8-12)17-9-11-3-1-10(7-15)2-4-11/h1-6,8H,7,9,15H2. The highest BCUT2D eigenvalue weighted by atomic mass is 79.9. The molecule has 17 heavy (non-hydrogen) atoms. The molecule has 2 aromatic rings. The Balaban J connectivity index is 1.95. The Morgan fingerprint density at radius 3 is 2.35 bits per heavy atom. The molecule has 4 heteroatoms. The first kappa shape index (κ1) is 12.6. The monoisotopic (exact) mass is 308 g/mol. The van der Waals surface area contributed by atoms with Gasteiger partial charge in [0.25, 0.3) is 0 Å². The highest BCUT2D eigenvalue weighted by Gasteiger charge is 1.98. The predicted molar refractivity (Wildman–Crippen MR) is 75.8 cm³/mol. The van der Waals surface area contributed by atoms with Crippen LogP contribution in [0.1, 0.15) is 11.1 Å². The van der Waals surface area contributed by atoms with Gasteiger partial charge in [0.15, 0.2) is 0 Å². The van der Waals surface area contributed by atoms with E-state index < -0.39 is 0 Å². The molecule has 0 saturated carbocycles. The van der Waals surface area contributed by atoms with E-state index in [0.29, 0.717) is 6.54 Å². The zero-order valence-electron chi connectivity index (χ0n) is 9.27. The Morgan fingerprint density at radius 2 is 1.76 bits per heavy atom. The molecule has 0 saturated heterocycles. The molecule has 2 rings (SSSR count). The van der Waals surface area contributed by atoms with Gasteiger partial charge in [0, 0.05) is 23.0 Å². The topological polar surface area (TPSA) is 38.9 Å². The minimum atomic E-state index is 0.599. The van der Waals surface area contributed by atoms with Gasteiger partial charge in [-0.25, -0.2) is 4.98 Å². The molecular formula is C13H13BrN2S. The van der Waals surface area contributed by atoms with Gasteiger partial charge < -0.3 is 5.73 Å². The molecule has 1 heterocycles. The van der Waals surface area contributed by atoms with E-state index >= 15 is 0 Å². The molecule has 0 radical (unpaired) electrons. The molecule has 0 fully saturated rings. The summed E-state index contributed by atoms with van der Waals surface area (Å²) < 4.78 is 1.01. The van der Waals surface area contributed by atoms with Crippen LogP contribution in [0.3, 0.4) is 0 Å². The summed E-state index contributed by atoms with van der Waals surface area (Å²) in [5.74, 6) is 0.930. The van der Waals surface area contributed by atoms with Crippen molar-refractivity contribution < 1.29 is 0 Å². The van der Waals surface area contributed by atoms with E-state index in [0.717, 1.165) is 15.3 Å². The van der Waals surface area contributed by atoms with Crippen LogP contribution in [0.4, 0.5) is 0 Å². The van der Waals surface area contributed by atoms with Crippen molar-refractivity contribution in [1.29, 1.82) is 0 Å². The summed E-state index contributed by atoms with van der Waals surface area (Å²) in [5.41, 5.74) is 8.02. The largest absolute Gasteiger partial charge is 0.326 e. The number of nitrogens with zero attached hydrogens (tertiary/aromatic N) is 1. The van der Waals surface area contributed by atoms with Crippen molar-refractivity contribution in [2.45, 2.75) is 17.3 Å². The lowest BCUT2D eigenvalue weighted by atomic mass is 10.1. The van der Waals surface area contributed by atoms with Crippen molar-refractivity contribution in [3.05, 3.63) is 58.2 Å². The van der Waals surface area contributed by atoms with Crippen molar-refractivity contribution in [3.63, 3.8) is 0 Å². The van der Waals surface area contributed by atoms with Crippen LogP contribution in [-0.2, 0) is 12.3 Å². The van der Waals surface area contributed by atoms with Gasteiger partial charge in [-0.1, -0.05) is 24.3 Å². The van der Waals surface area contributed by atoms with Crippen LogP contribution in [0, 0.1) is 0 Å². The van der Waals surface area contributed by atoms with Gasteiger partial charge in [-0.15, -0.1) is 11.8 Å². The van der Waals surface area contributed by atoms with Crippen LogP contribution < -0.4 is 5.73 Å². The Hall–Kier alpha value is -0.840. The minimum Gasteiger partial charge on any atom is -0.326 e. The summed E-state index contributed by atoms with van der Waals surface area (Å²) in [6.07, 6.45) is 1.82. The first-order chi connectivity index (χ1) is 8.28. The average Bonchev–Trinajstić information content (AvgIpc) is 2.39. The number of aromatic nitrogens is 1. The van der Waals surface area contributed by atoms with Crippen molar-refractivity contribution in [1.82, 2.24) is 4.98 Å². The number of thioether (sulfide) groups is 1. The molecule has 0 bridgehead atoms. The molecule has 2 N–H and O–H groups in total. The highest BCUT2D eigenvalue weighted by Crippen LogP contribution is 2.22. The smallest absolute Gasteiger partial charge is 0.0963 e. The molecule has 1 aromatic carbocycles. The third kappa shape index (κ3) is 3.84. The van der Waals surface area contributed by atoms with Gasteiger partial charge in [0.2, 0.25) is 0 Å². The summed E-state index contributed by atoms with van der Waals surface area (Å²) in [6.45, 7) is 0.599. The van der Waals surface area contributed by atoms with Crippen LogP contribution in [0.25, 0.3) is 0 Å². The van der Waals surface area contributed by atoms with Crippen LogP contribution in [0.15, 0.2) is 52.1 Å². The maximum absolute atomic E-state index is 5.56. The fourth-order valence-electron chi connectivity index (χ4n) is 1.38. The van der Waals surface area contributed by atoms with Crippen molar-refractivity contribution in [3.8, 4) is 0 Å². The molecule has 0 unspecified atom stereocenters. The lowest BCUT2D eigenvalue weighted by Crippen LogP contribution is -1.95. The molecular weight excluding hydrogens is 296 g/mol. The fourth-order valence-corrected chi connectivity index (χ4v) is 2.41. The predicted octanol–water partition coefficient (Wildman–Crippen LogP) is 3.60. The first-order valence-corrected chi connectivity index (χ1v) is 7.08. The summed E-state index contributed by atoms with van der Waals surface area (Å²) >= 11 is 5.11. The Kier molecular flexibility index (Phi) is 4.59. The van der Waals surface area contributed by atoms with Gasteiger partial charge >= 0.3 is 0 Å².